The summed E-state index contributed by atoms with van der Waals surface area (Å²) in [5, 5.41) is 3.00. The number of rotatable bonds is 9. The van der Waals surface area contributed by atoms with Crippen LogP contribution in [0.15, 0.2) is 41.1 Å². The van der Waals surface area contributed by atoms with Crippen LogP contribution < -0.4 is 5.32 Å². The fourth-order valence-corrected chi connectivity index (χ4v) is 3.86. The van der Waals surface area contributed by atoms with Gasteiger partial charge in [-0.25, -0.2) is 0 Å². The first-order valence-electron chi connectivity index (χ1n) is 10.5. The van der Waals surface area contributed by atoms with E-state index in [0.717, 1.165) is 49.6 Å². The number of pyridine rings is 1. The number of amides is 1. The summed E-state index contributed by atoms with van der Waals surface area (Å²) in [6.07, 6.45) is 8.69. The van der Waals surface area contributed by atoms with Crippen molar-refractivity contribution in [1.82, 2.24) is 15.2 Å². The molecule has 0 aliphatic carbocycles. The monoisotopic (exact) mass is 383 g/mol. The van der Waals surface area contributed by atoms with Gasteiger partial charge in [0.15, 0.2) is 0 Å². The van der Waals surface area contributed by atoms with Crippen molar-refractivity contribution in [3.8, 4) is 0 Å². The van der Waals surface area contributed by atoms with E-state index in [1.165, 1.54) is 12.8 Å². The van der Waals surface area contributed by atoms with Gasteiger partial charge in [0.25, 0.3) is 0 Å². The predicted octanol–water partition coefficient (Wildman–Crippen LogP) is 4.29. The molecule has 1 aliphatic heterocycles. The van der Waals surface area contributed by atoms with E-state index in [2.05, 4.69) is 28.2 Å². The molecule has 2 aromatic rings. The van der Waals surface area contributed by atoms with Gasteiger partial charge in [0.2, 0.25) is 5.91 Å². The van der Waals surface area contributed by atoms with Gasteiger partial charge in [-0.15, -0.1) is 0 Å². The number of furan rings is 1. The van der Waals surface area contributed by atoms with Gasteiger partial charge in [-0.2, -0.15) is 0 Å². The van der Waals surface area contributed by atoms with E-state index in [1.807, 2.05) is 25.1 Å². The summed E-state index contributed by atoms with van der Waals surface area (Å²) in [5.74, 6) is 3.38. The molecule has 152 valence electrons. The summed E-state index contributed by atoms with van der Waals surface area (Å²) in [7, 11) is 0. The molecular weight excluding hydrogens is 350 g/mol. The Morgan fingerprint density at radius 2 is 2.14 bits per heavy atom. The molecule has 0 unspecified atom stereocenters. The van der Waals surface area contributed by atoms with Crippen molar-refractivity contribution in [2.45, 2.75) is 58.4 Å². The number of likely N-dealkylation sites (tertiary alicyclic amines) is 1. The van der Waals surface area contributed by atoms with Gasteiger partial charge in [0.1, 0.15) is 11.5 Å². The highest BCUT2D eigenvalue weighted by Crippen LogP contribution is 2.25. The summed E-state index contributed by atoms with van der Waals surface area (Å²) >= 11 is 0. The minimum absolute atomic E-state index is 0.147. The maximum atomic E-state index is 12.1. The molecule has 1 atom stereocenters. The van der Waals surface area contributed by atoms with Crippen molar-refractivity contribution in [2.75, 3.05) is 19.6 Å². The molecule has 2 aromatic heterocycles. The highest BCUT2D eigenvalue weighted by Gasteiger charge is 2.20. The molecule has 0 spiro atoms. The van der Waals surface area contributed by atoms with Crippen LogP contribution in [0.4, 0.5) is 0 Å². The number of nitrogens with one attached hydrogen (secondary N) is 1. The minimum Gasteiger partial charge on any atom is -0.466 e. The van der Waals surface area contributed by atoms with E-state index < -0.39 is 0 Å². The van der Waals surface area contributed by atoms with Crippen LogP contribution >= 0.6 is 0 Å². The maximum Gasteiger partial charge on any atom is 0.220 e. The lowest BCUT2D eigenvalue weighted by Gasteiger charge is -2.32. The van der Waals surface area contributed by atoms with Crippen molar-refractivity contribution in [3.05, 3.63) is 53.7 Å². The normalized spacial score (nSPS) is 16.8. The van der Waals surface area contributed by atoms with E-state index >= 15 is 0 Å². The molecule has 1 fully saturated rings. The van der Waals surface area contributed by atoms with Crippen LogP contribution in [0.25, 0.3) is 0 Å². The molecule has 0 saturated carbocycles. The zero-order valence-corrected chi connectivity index (χ0v) is 17.2. The lowest BCUT2D eigenvalue weighted by atomic mass is 9.91. The zero-order chi connectivity index (χ0) is 19.8. The SMILES string of the molecule is Cc1ccc([C@@H](C)CCN2CCC(CCC(=O)NCc3cccnc3)CC2)o1. The quantitative estimate of drug-likeness (QED) is 0.702. The topological polar surface area (TPSA) is 58.4 Å². The molecule has 1 amide bonds. The minimum atomic E-state index is 0.147. The van der Waals surface area contributed by atoms with Gasteiger partial charge < -0.3 is 14.6 Å². The smallest absolute Gasteiger partial charge is 0.220 e. The van der Waals surface area contributed by atoms with Crippen LogP contribution in [0.2, 0.25) is 0 Å². The van der Waals surface area contributed by atoms with E-state index in [0.29, 0.717) is 24.8 Å². The second kappa shape index (κ2) is 10.4. The molecule has 0 bridgehead atoms. The van der Waals surface area contributed by atoms with Crippen LogP contribution in [0.5, 0.6) is 0 Å². The standard InChI is InChI=1S/C23H33N3O2/c1-18(22-7-5-19(2)28-22)9-13-26-14-10-20(11-15-26)6-8-23(27)25-17-21-4-3-12-24-16-21/h3-5,7,12,16,18,20H,6,8-11,13-15,17H2,1-2H3,(H,25,27)/t18-/m0/s1. The largest absolute Gasteiger partial charge is 0.466 e. The second-order valence-electron chi connectivity index (χ2n) is 8.10. The number of hydrogen-bond donors (Lipinski definition) is 1. The van der Waals surface area contributed by atoms with Crippen molar-refractivity contribution in [3.63, 3.8) is 0 Å². The Bertz CT molecular complexity index is 720. The van der Waals surface area contributed by atoms with E-state index in [4.69, 9.17) is 4.42 Å². The van der Waals surface area contributed by atoms with Gasteiger partial charge in [-0.1, -0.05) is 13.0 Å². The lowest BCUT2D eigenvalue weighted by Crippen LogP contribution is -2.35. The van der Waals surface area contributed by atoms with Crippen molar-refractivity contribution < 1.29 is 9.21 Å². The first-order valence-corrected chi connectivity index (χ1v) is 10.5. The third-order valence-electron chi connectivity index (χ3n) is 5.82. The number of nitrogens with zero attached hydrogens (tertiary/aromatic N) is 2. The average molecular weight is 384 g/mol. The molecule has 1 aliphatic rings. The van der Waals surface area contributed by atoms with E-state index in [1.54, 1.807) is 12.4 Å². The van der Waals surface area contributed by atoms with E-state index in [-0.39, 0.29) is 5.91 Å². The van der Waals surface area contributed by atoms with Gasteiger partial charge in [-0.3, -0.25) is 9.78 Å². The first-order chi connectivity index (χ1) is 13.6. The van der Waals surface area contributed by atoms with E-state index in [9.17, 15) is 4.79 Å². The summed E-state index contributed by atoms with van der Waals surface area (Å²) in [6.45, 7) is 8.23. The van der Waals surface area contributed by atoms with Crippen LogP contribution in [0, 0.1) is 12.8 Å². The highest BCUT2D eigenvalue weighted by molar-refractivity contribution is 5.75. The van der Waals surface area contributed by atoms with Crippen molar-refractivity contribution >= 4 is 5.91 Å². The molecule has 28 heavy (non-hydrogen) atoms. The Labute approximate surface area is 168 Å². The number of hydrogen-bond acceptors (Lipinski definition) is 4. The molecule has 1 N–H and O–H groups in total. The molecule has 0 radical (unpaired) electrons. The Balaban J connectivity index is 1.28. The summed E-state index contributed by atoms with van der Waals surface area (Å²) in [4.78, 5) is 18.7. The number of aryl methyl sites for hydroxylation is 1. The van der Waals surface area contributed by atoms with Gasteiger partial charge >= 0.3 is 0 Å². The van der Waals surface area contributed by atoms with Crippen molar-refractivity contribution in [1.29, 1.82) is 0 Å². The highest BCUT2D eigenvalue weighted by atomic mass is 16.3. The molecule has 3 heterocycles. The molecule has 5 nitrogen and oxygen atoms in total. The Morgan fingerprint density at radius 1 is 1.32 bits per heavy atom. The number of carbonyl (C=O) groups is 1. The summed E-state index contributed by atoms with van der Waals surface area (Å²) in [5.41, 5.74) is 1.04. The molecule has 3 rings (SSSR count). The molecule has 0 aromatic carbocycles. The van der Waals surface area contributed by atoms with Crippen molar-refractivity contribution in [2.24, 2.45) is 5.92 Å². The van der Waals surface area contributed by atoms with Gasteiger partial charge in [-0.05, 0) is 81.9 Å². The van der Waals surface area contributed by atoms with Gasteiger partial charge in [0.05, 0.1) is 0 Å². The Hall–Kier alpha value is -2.14. The fourth-order valence-electron chi connectivity index (χ4n) is 3.86. The number of aromatic nitrogens is 1. The Morgan fingerprint density at radius 3 is 2.82 bits per heavy atom. The summed E-state index contributed by atoms with van der Waals surface area (Å²) in [6, 6.07) is 8.03. The van der Waals surface area contributed by atoms with Crippen LogP contribution in [0.3, 0.4) is 0 Å². The molecule has 5 heteroatoms. The van der Waals surface area contributed by atoms with Gasteiger partial charge in [0, 0.05) is 31.3 Å². The van der Waals surface area contributed by atoms with Crippen LogP contribution in [0.1, 0.15) is 62.0 Å². The molecular formula is C23H33N3O2. The third-order valence-corrected chi connectivity index (χ3v) is 5.82. The lowest BCUT2D eigenvalue weighted by molar-refractivity contribution is -0.121. The average Bonchev–Trinajstić information content (AvgIpc) is 3.17. The number of piperidine rings is 1. The number of carbonyl (C=O) groups excluding carboxylic acids is 1. The van der Waals surface area contributed by atoms with Crippen LogP contribution in [-0.4, -0.2) is 35.4 Å². The Kier molecular flexibility index (Phi) is 7.66. The summed E-state index contributed by atoms with van der Waals surface area (Å²) < 4.78 is 5.74. The maximum absolute atomic E-state index is 12.1. The third kappa shape index (κ3) is 6.48. The zero-order valence-electron chi connectivity index (χ0n) is 17.2. The predicted molar refractivity (Wildman–Crippen MR) is 111 cm³/mol. The second-order valence-corrected chi connectivity index (χ2v) is 8.10. The first kappa shape index (κ1) is 20.6. The fraction of sp³-hybridized carbons (Fsp3) is 0.565. The van der Waals surface area contributed by atoms with Crippen LogP contribution in [-0.2, 0) is 11.3 Å². The molecule has 1 saturated heterocycles.